The summed E-state index contributed by atoms with van der Waals surface area (Å²) < 4.78 is 32.7. The highest BCUT2D eigenvalue weighted by molar-refractivity contribution is 7.54. The van der Waals surface area contributed by atoms with Crippen LogP contribution in [-0.2, 0) is 18.4 Å². The second-order valence-corrected chi connectivity index (χ2v) is 6.17. The zero-order valence-electron chi connectivity index (χ0n) is 12.5. The van der Waals surface area contributed by atoms with Gasteiger partial charge in [-0.2, -0.15) is 0 Å². The van der Waals surface area contributed by atoms with E-state index in [9.17, 15) is 9.36 Å². The minimum Gasteiger partial charge on any atom is -0.497 e. The summed E-state index contributed by atoms with van der Waals surface area (Å²) in [5, 5.41) is 0. The summed E-state index contributed by atoms with van der Waals surface area (Å²) in [5.41, 5.74) is 0. The molecule has 1 aromatic rings. The van der Waals surface area contributed by atoms with Crippen molar-refractivity contribution in [2.45, 2.75) is 13.8 Å². The Morgan fingerprint density at radius 1 is 1.14 bits per heavy atom. The third-order valence-corrected chi connectivity index (χ3v) is 4.51. The Kier molecular flexibility index (Phi) is 7.43. The predicted octanol–water partition coefficient (Wildman–Crippen LogP) is 2.91. The summed E-state index contributed by atoms with van der Waals surface area (Å²) in [4.78, 5) is 11.8. The summed E-state index contributed by atoms with van der Waals surface area (Å²) in [5.74, 6) is 0.794. The Morgan fingerprint density at radius 3 is 2.33 bits per heavy atom. The molecule has 0 fully saturated rings. The molecule has 0 aliphatic carbocycles. The highest BCUT2D eigenvalue weighted by atomic mass is 31.2. The minimum absolute atomic E-state index is 0.197. The monoisotopic (exact) mass is 316 g/mol. The third-order valence-electron chi connectivity index (χ3n) is 2.46. The number of carbonyl (C=O) groups excluding carboxylic acids is 1. The van der Waals surface area contributed by atoms with Gasteiger partial charge in [0.25, 0.3) is 0 Å². The Bertz CT molecular complexity index is 492. The average Bonchev–Trinajstić information content (AvgIpc) is 2.45. The molecule has 0 heterocycles. The van der Waals surface area contributed by atoms with Crippen LogP contribution in [-0.4, -0.2) is 38.9 Å². The highest BCUT2D eigenvalue weighted by Crippen LogP contribution is 2.47. The van der Waals surface area contributed by atoms with Crippen LogP contribution in [0.4, 0.5) is 0 Å². The minimum atomic E-state index is -3.37. The van der Waals surface area contributed by atoms with Gasteiger partial charge in [0, 0.05) is 6.07 Å². The standard InChI is InChI=1S/C14H21O6P/c1-4-19-21(16,20-5-2)11-12(15)10-18-14-8-6-7-13(9-14)17-3/h6-9H,4-5,10-11H2,1-3H3. The predicted molar refractivity (Wildman–Crippen MR) is 79.2 cm³/mol. The molecule has 0 saturated heterocycles. The number of hydrogen-bond acceptors (Lipinski definition) is 6. The van der Waals surface area contributed by atoms with Gasteiger partial charge in [0.05, 0.1) is 20.3 Å². The lowest BCUT2D eigenvalue weighted by molar-refractivity contribution is -0.118. The summed E-state index contributed by atoms with van der Waals surface area (Å²) in [7, 11) is -1.82. The van der Waals surface area contributed by atoms with Gasteiger partial charge in [-0.1, -0.05) is 6.07 Å². The molecule has 6 nitrogen and oxygen atoms in total. The van der Waals surface area contributed by atoms with E-state index >= 15 is 0 Å². The van der Waals surface area contributed by atoms with Crippen LogP contribution in [0, 0.1) is 0 Å². The Morgan fingerprint density at radius 2 is 1.76 bits per heavy atom. The van der Waals surface area contributed by atoms with Crippen molar-refractivity contribution in [3.8, 4) is 11.5 Å². The van der Waals surface area contributed by atoms with Crippen LogP contribution in [0.15, 0.2) is 24.3 Å². The van der Waals surface area contributed by atoms with Gasteiger partial charge in [-0.25, -0.2) is 0 Å². The quantitative estimate of drug-likeness (QED) is 0.618. The lowest BCUT2D eigenvalue weighted by atomic mass is 10.3. The van der Waals surface area contributed by atoms with Crippen LogP contribution in [0.5, 0.6) is 11.5 Å². The molecule has 0 aliphatic heterocycles. The van der Waals surface area contributed by atoms with Gasteiger partial charge < -0.3 is 18.5 Å². The van der Waals surface area contributed by atoms with Gasteiger partial charge >= 0.3 is 7.60 Å². The van der Waals surface area contributed by atoms with Crippen molar-refractivity contribution < 1.29 is 27.9 Å². The van der Waals surface area contributed by atoms with Crippen LogP contribution in [0.25, 0.3) is 0 Å². The zero-order valence-corrected chi connectivity index (χ0v) is 13.4. The van der Waals surface area contributed by atoms with E-state index in [2.05, 4.69) is 0 Å². The molecule has 1 aromatic carbocycles. The van der Waals surface area contributed by atoms with Gasteiger partial charge in [0.2, 0.25) is 0 Å². The van der Waals surface area contributed by atoms with Gasteiger partial charge in [-0.3, -0.25) is 9.36 Å². The van der Waals surface area contributed by atoms with Crippen molar-refractivity contribution in [1.82, 2.24) is 0 Å². The number of hydrogen-bond donors (Lipinski definition) is 0. The summed E-state index contributed by atoms with van der Waals surface area (Å²) >= 11 is 0. The zero-order chi connectivity index (χ0) is 15.7. The fourth-order valence-corrected chi connectivity index (χ4v) is 3.21. The molecule has 0 N–H and O–H groups in total. The fraction of sp³-hybridized carbons (Fsp3) is 0.500. The van der Waals surface area contributed by atoms with E-state index in [1.165, 1.54) is 0 Å². The second-order valence-electron chi connectivity index (χ2n) is 4.11. The van der Waals surface area contributed by atoms with E-state index in [1.807, 2.05) is 0 Å². The van der Waals surface area contributed by atoms with Crippen LogP contribution >= 0.6 is 7.60 Å². The van der Waals surface area contributed by atoms with Crippen molar-refractivity contribution in [3.63, 3.8) is 0 Å². The van der Waals surface area contributed by atoms with Crippen molar-refractivity contribution >= 4 is 13.4 Å². The number of rotatable bonds is 10. The maximum Gasteiger partial charge on any atom is 0.338 e. The summed E-state index contributed by atoms with van der Waals surface area (Å²) in [6, 6.07) is 6.90. The fourth-order valence-electron chi connectivity index (χ4n) is 1.64. The van der Waals surface area contributed by atoms with E-state index in [0.29, 0.717) is 11.5 Å². The Labute approximate surface area is 124 Å². The molecule has 21 heavy (non-hydrogen) atoms. The van der Waals surface area contributed by atoms with Gasteiger partial charge in [0.15, 0.2) is 5.78 Å². The highest BCUT2D eigenvalue weighted by Gasteiger charge is 2.27. The number of carbonyl (C=O) groups is 1. The lowest BCUT2D eigenvalue weighted by Gasteiger charge is -2.16. The normalized spacial score (nSPS) is 11.2. The van der Waals surface area contributed by atoms with Crippen molar-refractivity contribution in [2.24, 2.45) is 0 Å². The maximum absolute atomic E-state index is 12.2. The van der Waals surface area contributed by atoms with Crippen molar-refractivity contribution in [1.29, 1.82) is 0 Å². The maximum atomic E-state index is 12.2. The van der Waals surface area contributed by atoms with E-state index in [0.717, 1.165) is 0 Å². The molecule has 0 aliphatic rings. The molecular weight excluding hydrogens is 295 g/mol. The first kappa shape index (κ1) is 17.7. The SMILES string of the molecule is CCOP(=O)(CC(=O)COc1cccc(OC)c1)OCC. The van der Waals surface area contributed by atoms with Crippen molar-refractivity contribution in [3.05, 3.63) is 24.3 Å². The van der Waals surface area contributed by atoms with E-state index in [4.69, 9.17) is 18.5 Å². The third kappa shape index (κ3) is 6.29. The number of ether oxygens (including phenoxy) is 2. The average molecular weight is 316 g/mol. The van der Waals surface area contributed by atoms with Crippen LogP contribution in [0.2, 0.25) is 0 Å². The number of methoxy groups -OCH3 is 1. The molecule has 0 amide bonds. The van der Waals surface area contributed by atoms with Crippen LogP contribution in [0.1, 0.15) is 13.8 Å². The number of benzene rings is 1. The molecule has 0 unspecified atom stereocenters. The smallest absolute Gasteiger partial charge is 0.338 e. The first-order valence-corrected chi connectivity index (χ1v) is 8.42. The largest absolute Gasteiger partial charge is 0.497 e. The lowest BCUT2D eigenvalue weighted by Crippen LogP contribution is -2.17. The Hall–Kier alpha value is -1.36. The molecule has 7 heteroatoms. The van der Waals surface area contributed by atoms with Crippen LogP contribution in [0.3, 0.4) is 0 Å². The first-order valence-electron chi connectivity index (χ1n) is 6.69. The molecule has 0 radical (unpaired) electrons. The van der Waals surface area contributed by atoms with E-state index in [-0.39, 0.29) is 31.8 Å². The van der Waals surface area contributed by atoms with E-state index < -0.39 is 7.60 Å². The topological polar surface area (TPSA) is 71.1 Å². The summed E-state index contributed by atoms with van der Waals surface area (Å²) in [6.07, 6.45) is -0.293. The second kappa shape index (κ2) is 8.82. The van der Waals surface area contributed by atoms with Gasteiger partial charge in [-0.15, -0.1) is 0 Å². The molecule has 0 aromatic heterocycles. The number of Topliss-reactive ketones (excluding diaryl/α,β-unsaturated/α-hetero) is 1. The Balaban J connectivity index is 2.54. The first-order chi connectivity index (χ1) is 10.0. The number of ketones is 1. The molecule has 0 spiro atoms. The van der Waals surface area contributed by atoms with Gasteiger partial charge in [0.1, 0.15) is 24.3 Å². The van der Waals surface area contributed by atoms with E-state index in [1.54, 1.807) is 45.2 Å². The molecular formula is C14H21O6P. The molecule has 0 saturated carbocycles. The van der Waals surface area contributed by atoms with Crippen LogP contribution < -0.4 is 9.47 Å². The molecule has 118 valence electrons. The molecule has 0 atom stereocenters. The molecule has 0 bridgehead atoms. The summed E-state index contributed by atoms with van der Waals surface area (Å²) in [6.45, 7) is 3.64. The van der Waals surface area contributed by atoms with Crippen molar-refractivity contribution in [2.75, 3.05) is 33.1 Å². The molecule has 1 rings (SSSR count). The van der Waals surface area contributed by atoms with Gasteiger partial charge in [-0.05, 0) is 26.0 Å².